The van der Waals surface area contributed by atoms with E-state index in [0.717, 1.165) is 12.2 Å². The van der Waals surface area contributed by atoms with E-state index in [1.807, 2.05) is 6.92 Å². The van der Waals surface area contributed by atoms with Gasteiger partial charge in [0.1, 0.15) is 17.1 Å². The minimum atomic E-state index is -0.00495. The van der Waals surface area contributed by atoms with Crippen LogP contribution >= 0.6 is 0 Å². The largest absolute Gasteiger partial charge is 0.508 e. The van der Waals surface area contributed by atoms with Crippen LogP contribution in [0.4, 0.5) is 0 Å². The zero-order chi connectivity index (χ0) is 13.4. The molecule has 0 radical (unpaired) electrons. The molecule has 2 rings (SSSR count). The highest BCUT2D eigenvalue weighted by Crippen LogP contribution is 2.29. The van der Waals surface area contributed by atoms with Crippen molar-refractivity contribution in [3.05, 3.63) is 39.2 Å². The summed E-state index contributed by atoms with van der Waals surface area (Å²) in [5.41, 5.74) is 1.78. The van der Waals surface area contributed by atoms with Gasteiger partial charge in [-0.25, -0.2) is 0 Å². The highest BCUT2D eigenvalue weighted by molar-refractivity contribution is 5.82. The molecule has 2 aromatic rings. The van der Waals surface area contributed by atoms with Crippen LogP contribution in [0.1, 0.15) is 43.1 Å². The van der Waals surface area contributed by atoms with Gasteiger partial charge >= 0.3 is 0 Å². The molecule has 0 aliphatic heterocycles. The van der Waals surface area contributed by atoms with Gasteiger partial charge in [0.15, 0.2) is 5.43 Å². The lowest BCUT2D eigenvalue weighted by Crippen LogP contribution is -2.11. The maximum Gasteiger partial charge on any atom is 0.195 e. The SMILES string of the molecule is CCC(C)c1oc2c(C)c(O)ccc2c(=O)c1C. The molecule has 3 nitrogen and oxygen atoms in total. The van der Waals surface area contributed by atoms with Crippen molar-refractivity contribution in [2.45, 2.75) is 40.0 Å². The average molecular weight is 246 g/mol. The van der Waals surface area contributed by atoms with Crippen LogP contribution in [0.15, 0.2) is 21.3 Å². The standard InChI is InChI=1S/C15H18O3/c1-5-8(2)14-10(4)13(17)11-6-7-12(16)9(3)15(11)18-14/h6-8,16H,5H2,1-4H3. The van der Waals surface area contributed by atoms with Gasteiger partial charge in [-0.05, 0) is 32.4 Å². The zero-order valence-corrected chi connectivity index (χ0v) is 11.2. The molecule has 0 aliphatic carbocycles. The Hall–Kier alpha value is -1.77. The van der Waals surface area contributed by atoms with E-state index in [2.05, 4.69) is 6.92 Å². The Kier molecular flexibility index (Phi) is 3.16. The van der Waals surface area contributed by atoms with Crippen molar-refractivity contribution >= 4 is 11.0 Å². The molecule has 3 heteroatoms. The van der Waals surface area contributed by atoms with Crippen LogP contribution in [-0.2, 0) is 0 Å². The summed E-state index contributed by atoms with van der Waals surface area (Å²) in [7, 11) is 0. The van der Waals surface area contributed by atoms with Crippen molar-refractivity contribution in [2.75, 3.05) is 0 Å². The molecule has 1 atom stereocenters. The van der Waals surface area contributed by atoms with Gasteiger partial charge in [-0.1, -0.05) is 13.8 Å². The Morgan fingerprint density at radius 3 is 2.56 bits per heavy atom. The van der Waals surface area contributed by atoms with Crippen molar-refractivity contribution in [2.24, 2.45) is 0 Å². The number of hydrogen-bond acceptors (Lipinski definition) is 3. The van der Waals surface area contributed by atoms with Crippen LogP contribution in [0.5, 0.6) is 5.75 Å². The lowest BCUT2D eigenvalue weighted by atomic mass is 9.99. The summed E-state index contributed by atoms with van der Waals surface area (Å²) in [4.78, 5) is 12.3. The maximum atomic E-state index is 12.3. The number of rotatable bonds is 2. The first-order valence-electron chi connectivity index (χ1n) is 6.23. The third-order valence-corrected chi connectivity index (χ3v) is 3.60. The van der Waals surface area contributed by atoms with Gasteiger partial charge < -0.3 is 9.52 Å². The van der Waals surface area contributed by atoms with Crippen molar-refractivity contribution in [1.82, 2.24) is 0 Å². The first-order valence-corrected chi connectivity index (χ1v) is 6.23. The number of aromatic hydroxyl groups is 1. The van der Waals surface area contributed by atoms with E-state index in [4.69, 9.17) is 4.42 Å². The highest BCUT2D eigenvalue weighted by Gasteiger charge is 2.17. The summed E-state index contributed by atoms with van der Waals surface area (Å²) in [6.07, 6.45) is 0.910. The van der Waals surface area contributed by atoms with Gasteiger partial charge in [-0.2, -0.15) is 0 Å². The second kappa shape index (κ2) is 4.48. The van der Waals surface area contributed by atoms with E-state index in [1.165, 1.54) is 6.07 Å². The Morgan fingerprint density at radius 1 is 1.28 bits per heavy atom. The third-order valence-electron chi connectivity index (χ3n) is 3.60. The summed E-state index contributed by atoms with van der Waals surface area (Å²) >= 11 is 0. The molecule has 0 fully saturated rings. The van der Waals surface area contributed by atoms with E-state index >= 15 is 0 Å². The maximum absolute atomic E-state index is 12.3. The quantitative estimate of drug-likeness (QED) is 0.880. The normalized spacial score (nSPS) is 12.9. The fourth-order valence-corrected chi connectivity index (χ4v) is 2.15. The predicted octanol–water partition coefficient (Wildman–Crippen LogP) is 3.63. The topological polar surface area (TPSA) is 50.4 Å². The minimum Gasteiger partial charge on any atom is -0.508 e. The minimum absolute atomic E-state index is 0.00495. The molecule has 96 valence electrons. The Bertz CT molecular complexity index is 653. The number of aryl methyl sites for hydroxylation is 1. The van der Waals surface area contributed by atoms with Crippen LogP contribution in [0, 0.1) is 13.8 Å². The van der Waals surface area contributed by atoms with Crippen LogP contribution in [0.25, 0.3) is 11.0 Å². The van der Waals surface area contributed by atoms with Crippen LogP contribution in [-0.4, -0.2) is 5.11 Å². The van der Waals surface area contributed by atoms with E-state index in [1.54, 1.807) is 19.9 Å². The average Bonchev–Trinajstić information content (AvgIpc) is 2.37. The molecule has 0 bridgehead atoms. The van der Waals surface area contributed by atoms with E-state index in [-0.39, 0.29) is 17.1 Å². The van der Waals surface area contributed by atoms with Crippen molar-refractivity contribution in [1.29, 1.82) is 0 Å². The fourth-order valence-electron chi connectivity index (χ4n) is 2.15. The fraction of sp³-hybridized carbons (Fsp3) is 0.400. The van der Waals surface area contributed by atoms with Crippen molar-refractivity contribution in [3.63, 3.8) is 0 Å². The van der Waals surface area contributed by atoms with E-state index in [0.29, 0.717) is 22.1 Å². The van der Waals surface area contributed by atoms with Gasteiger partial charge in [-0.3, -0.25) is 4.79 Å². The molecule has 0 aliphatic rings. The lowest BCUT2D eigenvalue weighted by Gasteiger charge is -2.13. The number of fused-ring (bicyclic) bond motifs is 1. The summed E-state index contributed by atoms with van der Waals surface area (Å²) in [5.74, 6) is 1.08. The molecule has 0 saturated carbocycles. The molecule has 0 spiro atoms. The highest BCUT2D eigenvalue weighted by atomic mass is 16.3. The molecule has 1 unspecified atom stereocenters. The summed E-state index contributed by atoms with van der Waals surface area (Å²) < 4.78 is 5.88. The van der Waals surface area contributed by atoms with Crippen LogP contribution in [0.2, 0.25) is 0 Å². The van der Waals surface area contributed by atoms with Gasteiger partial charge in [0, 0.05) is 17.0 Å². The second-order valence-electron chi connectivity index (χ2n) is 4.82. The lowest BCUT2D eigenvalue weighted by molar-refractivity contribution is 0.460. The number of hydrogen-bond donors (Lipinski definition) is 1. The summed E-state index contributed by atoms with van der Waals surface area (Å²) in [6, 6.07) is 3.16. The number of phenolic OH excluding ortho intramolecular Hbond substituents is 1. The molecular weight excluding hydrogens is 228 g/mol. The second-order valence-corrected chi connectivity index (χ2v) is 4.82. The van der Waals surface area contributed by atoms with Gasteiger partial charge in [-0.15, -0.1) is 0 Å². The summed E-state index contributed by atoms with van der Waals surface area (Å²) in [6.45, 7) is 7.66. The van der Waals surface area contributed by atoms with Gasteiger partial charge in [0.05, 0.1) is 5.39 Å². The molecule has 1 heterocycles. The molecule has 0 amide bonds. The molecule has 1 N–H and O–H groups in total. The van der Waals surface area contributed by atoms with E-state index < -0.39 is 0 Å². The number of phenols is 1. The first-order chi connectivity index (χ1) is 8.47. The Morgan fingerprint density at radius 2 is 1.94 bits per heavy atom. The molecular formula is C15H18O3. The monoisotopic (exact) mass is 246 g/mol. The van der Waals surface area contributed by atoms with Crippen molar-refractivity contribution < 1.29 is 9.52 Å². The molecule has 1 aromatic heterocycles. The Labute approximate surface area is 106 Å². The molecule has 18 heavy (non-hydrogen) atoms. The summed E-state index contributed by atoms with van der Waals surface area (Å²) in [5, 5.41) is 10.2. The third kappa shape index (κ3) is 1.80. The van der Waals surface area contributed by atoms with Crippen LogP contribution < -0.4 is 5.43 Å². The van der Waals surface area contributed by atoms with Crippen molar-refractivity contribution in [3.8, 4) is 5.75 Å². The zero-order valence-electron chi connectivity index (χ0n) is 11.2. The van der Waals surface area contributed by atoms with Gasteiger partial charge in [0.2, 0.25) is 0 Å². The number of benzene rings is 1. The Balaban J connectivity index is 2.89. The van der Waals surface area contributed by atoms with E-state index in [9.17, 15) is 9.90 Å². The molecule has 0 saturated heterocycles. The smallest absolute Gasteiger partial charge is 0.195 e. The first kappa shape index (κ1) is 12.7. The van der Waals surface area contributed by atoms with Gasteiger partial charge in [0.25, 0.3) is 0 Å². The predicted molar refractivity (Wildman–Crippen MR) is 72.3 cm³/mol. The van der Waals surface area contributed by atoms with Crippen LogP contribution in [0.3, 0.4) is 0 Å². The molecule has 1 aromatic carbocycles.